The maximum Gasteiger partial charge on any atom is 0.270 e. The van der Waals surface area contributed by atoms with Crippen molar-refractivity contribution in [3.05, 3.63) is 70.7 Å². The van der Waals surface area contributed by atoms with Crippen LogP contribution < -0.4 is 15.4 Å². The number of amides is 2. The standard InChI is InChI=1S/C27H24F2N6O3/c1-13-21(35-11-5-8-18(24(35)30-13)38-12-15-16(28)6-4-7-17(15)29)23-32-20(25(36)31-14-9-10-14)19-22(33-23)34-26(37)27(19,2)3/h4-8,11,14H,9-10,12H2,1-3H3,(H,31,36)(H,32,33,34,37). The summed E-state index contributed by atoms with van der Waals surface area (Å²) >= 11 is 0. The van der Waals surface area contributed by atoms with Crippen molar-refractivity contribution in [3.8, 4) is 17.3 Å². The van der Waals surface area contributed by atoms with Crippen LogP contribution in [0.1, 0.15) is 54.0 Å². The number of imidazole rings is 1. The zero-order valence-electron chi connectivity index (χ0n) is 20.9. The quantitative estimate of drug-likeness (QED) is 0.398. The lowest BCUT2D eigenvalue weighted by Crippen LogP contribution is -2.32. The summed E-state index contributed by atoms with van der Waals surface area (Å²) in [5.74, 6) is -1.26. The first kappa shape index (κ1) is 24.0. The van der Waals surface area contributed by atoms with E-state index in [0.717, 1.165) is 12.8 Å². The van der Waals surface area contributed by atoms with Gasteiger partial charge < -0.3 is 15.4 Å². The van der Waals surface area contributed by atoms with E-state index in [-0.39, 0.29) is 47.4 Å². The van der Waals surface area contributed by atoms with Gasteiger partial charge in [-0.25, -0.2) is 23.7 Å². The van der Waals surface area contributed by atoms with Gasteiger partial charge in [-0.2, -0.15) is 0 Å². The van der Waals surface area contributed by atoms with Crippen LogP contribution in [-0.4, -0.2) is 37.2 Å². The molecule has 38 heavy (non-hydrogen) atoms. The number of benzene rings is 1. The molecule has 0 saturated heterocycles. The fraction of sp³-hybridized carbons (Fsp3) is 0.296. The molecule has 1 aliphatic heterocycles. The van der Waals surface area contributed by atoms with E-state index in [9.17, 15) is 18.4 Å². The number of hydrogen-bond acceptors (Lipinski definition) is 6. The number of rotatable bonds is 6. The number of nitrogens with zero attached hydrogens (tertiary/aromatic N) is 4. The maximum absolute atomic E-state index is 14.1. The Hall–Kier alpha value is -4.41. The van der Waals surface area contributed by atoms with Gasteiger partial charge in [0, 0.05) is 17.8 Å². The molecule has 1 saturated carbocycles. The monoisotopic (exact) mass is 518 g/mol. The van der Waals surface area contributed by atoms with Gasteiger partial charge in [0.15, 0.2) is 17.2 Å². The summed E-state index contributed by atoms with van der Waals surface area (Å²) in [5, 5.41) is 5.74. The molecule has 2 amide bonds. The van der Waals surface area contributed by atoms with Gasteiger partial charge in [0.25, 0.3) is 5.91 Å². The van der Waals surface area contributed by atoms with E-state index >= 15 is 0 Å². The fourth-order valence-corrected chi connectivity index (χ4v) is 4.63. The van der Waals surface area contributed by atoms with Gasteiger partial charge in [-0.3, -0.25) is 14.0 Å². The average molecular weight is 519 g/mol. The Morgan fingerprint density at radius 3 is 2.61 bits per heavy atom. The fourth-order valence-electron chi connectivity index (χ4n) is 4.63. The molecule has 0 atom stereocenters. The van der Waals surface area contributed by atoms with Crippen LogP contribution in [0.5, 0.6) is 5.75 Å². The van der Waals surface area contributed by atoms with Crippen molar-refractivity contribution in [2.75, 3.05) is 5.32 Å². The first-order chi connectivity index (χ1) is 18.1. The Labute approximate surface area is 216 Å². The van der Waals surface area contributed by atoms with Crippen molar-refractivity contribution < 1.29 is 23.1 Å². The van der Waals surface area contributed by atoms with Gasteiger partial charge in [0.2, 0.25) is 5.91 Å². The largest absolute Gasteiger partial charge is 0.485 e. The lowest BCUT2D eigenvalue weighted by Gasteiger charge is -2.18. The van der Waals surface area contributed by atoms with E-state index in [1.165, 1.54) is 18.2 Å². The molecule has 6 rings (SSSR count). The molecule has 4 heterocycles. The van der Waals surface area contributed by atoms with E-state index in [1.54, 1.807) is 43.5 Å². The van der Waals surface area contributed by atoms with E-state index < -0.39 is 17.0 Å². The Morgan fingerprint density at radius 2 is 1.89 bits per heavy atom. The normalized spacial score (nSPS) is 15.9. The summed E-state index contributed by atoms with van der Waals surface area (Å²) in [6.07, 6.45) is 3.53. The van der Waals surface area contributed by atoms with E-state index in [2.05, 4.69) is 25.6 Å². The molecule has 11 heteroatoms. The van der Waals surface area contributed by atoms with Crippen molar-refractivity contribution in [3.63, 3.8) is 0 Å². The number of hydrogen-bond donors (Lipinski definition) is 2. The molecule has 1 aromatic carbocycles. The predicted molar refractivity (Wildman–Crippen MR) is 134 cm³/mol. The molecule has 0 bridgehead atoms. The van der Waals surface area contributed by atoms with Crippen LogP contribution in [-0.2, 0) is 16.8 Å². The molecular weight excluding hydrogens is 494 g/mol. The number of anilines is 1. The summed E-state index contributed by atoms with van der Waals surface area (Å²) in [5.41, 5.74) is 0.823. The average Bonchev–Trinajstić information content (AvgIpc) is 3.56. The highest BCUT2D eigenvalue weighted by Gasteiger charge is 2.44. The summed E-state index contributed by atoms with van der Waals surface area (Å²) in [4.78, 5) is 39.8. The minimum Gasteiger partial charge on any atom is -0.485 e. The second-order valence-corrected chi connectivity index (χ2v) is 10.0. The smallest absolute Gasteiger partial charge is 0.270 e. The number of pyridine rings is 1. The van der Waals surface area contributed by atoms with E-state index in [1.807, 2.05) is 0 Å². The van der Waals surface area contributed by atoms with Gasteiger partial charge in [0.1, 0.15) is 35.4 Å². The minimum absolute atomic E-state index is 0.0984. The van der Waals surface area contributed by atoms with Crippen LogP contribution in [0.3, 0.4) is 0 Å². The number of fused-ring (bicyclic) bond motifs is 2. The van der Waals surface area contributed by atoms with Crippen molar-refractivity contribution >= 4 is 23.3 Å². The van der Waals surface area contributed by atoms with Crippen LogP contribution in [0.2, 0.25) is 0 Å². The molecule has 1 aliphatic carbocycles. The lowest BCUT2D eigenvalue weighted by molar-refractivity contribution is -0.119. The SMILES string of the molecule is Cc1nc2c(OCc3c(F)cccc3F)cccn2c1-c1nc2c(c(C(=O)NC3CC3)n1)C(C)(C)C(=O)N2. The summed E-state index contributed by atoms with van der Waals surface area (Å²) < 4.78 is 35.7. The molecule has 4 aromatic rings. The Kier molecular flexibility index (Phi) is 5.41. The molecule has 1 fully saturated rings. The van der Waals surface area contributed by atoms with Crippen LogP contribution in [0.15, 0.2) is 36.5 Å². The predicted octanol–water partition coefficient (Wildman–Crippen LogP) is 4.08. The third-order valence-electron chi connectivity index (χ3n) is 6.90. The summed E-state index contributed by atoms with van der Waals surface area (Å²) in [7, 11) is 0. The van der Waals surface area contributed by atoms with Gasteiger partial charge >= 0.3 is 0 Å². The van der Waals surface area contributed by atoms with Crippen LogP contribution in [0.4, 0.5) is 14.6 Å². The second kappa shape index (κ2) is 8.57. The van der Waals surface area contributed by atoms with Crippen LogP contribution >= 0.6 is 0 Å². The summed E-state index contributed by atoms with van der Waals surface area (Å²) in [6, 6.07) is 7.07. The Bertz CT molecular complexity index is 1620. The number of carbonyl (C=O) groups is 2. The number of aromatic nitrogens is 4. The molecule has 0 unspecified atom stereocenters. The van der Waals surface area contributed by atoms with Gasteiger partial charge in [-0.05, 0) is 57.9 Å². The van der Waals surface area contributed by atoms with Crippen molar-refractivity contribution in [1.29, 1.82) is 0 Å². The zero-order valence-corrected chi connectivity index (χ0v) is 20.9. The molecule has 9 nitrogen and oxygen atoms in total. The minimum atomic E-state index is -0.985. The number of ether oxygens (including phenoxy) is 1. The van der Waals surface area contributed by atoms with Gasteiger partial charge in [-0.1, -0.05) is 6.07 Å². The Balaban J connectivity index is 1.44. The number of nitrogens with one attached hydrogen (secondary N) is 2. The molecule has 0 spiro atoms. The molecule has 2 aliphatic rings. The second-order valence-electron chi connectivity index (χ2n) is 10.0. The van der Waals surface area contributed by atoms with E-state index in [0.29, 0.717) is 28.3 Å². The maximum atomic E-state index is 14.1. The highest BCUT2D eigenvalue weighted by atomic mass is 19.1. The lowest BCUT2D eigenvalue weighted by atomic mass is 9.85. The van der Waals surface area contributed by atoms with Crippen molar-refractivity contribution in [2.24, 2.45) is 0 Å². The zero-order chi connectivity index (χ0) is 26.8. The first-order valence-corrected chi connectivity index (χ1v) is 12.2. The highest BCUT2D eigenvalue weighted by Crippen LogP contribution is 2.40. The highest BCUT2D eigenvalue weighted by molar-refractivity contribution is 6.09. The molecule has 3 aromatic heterocycles. The number of carbonyl (C=O) groups excluding carboxylic acids is 2. The first-order valence-electron chi connectivity index (χ1n) is 12.2. The van der Waals surface area contributed by atoms with Gasteiger partial charge in [0.05, 0.1) is 16.7 Å². The van der Waals surface area contributed by atoms with Crippen molar-refractivity contribution in [2.45, 2.75) is 51.7 Å². The third kappa shape index (κ3) is 3.85. The van der Waals surface area contributed by atoms with Crippen molar-refractivity contribution in [1.82, 2.24) is 24.7 Å². The topological polar surface area (TPSA) is 111 Å². The number of aryl methyl sites for hydroxylation is 1. The Morgan fingerprint density at radius 1 is 1.16 bits per heavy atom. The molecule has 2 N–H and O–H groups in total. The van der Waals surface area contributed by atoms with E-state index in [4.69, 9.17) is 4.74 Å². The molecule has 194 valence electrons. The van der Waals surface area contributed by atoms with Gasteiger partial charge in [-0.15, -0.1) is 0 Å². The number of halogens is 2. The summed E-state index contributed by atoms with van der Waals surface area (Å²) in [6.45, 7) is 4.88. The van der Waals surface area contributed by atoms with Crippen LogP contribution in [0, 0.1) is 18.6 Å². The third-order valence-corrected chi connectivity index (χ3v) is 6.90. The molecule has 0 radical (unpaired) electrons. The van der Waals surface area contributed by atoms with Crippen LogP contribution in [0.25, 0.3) is 17.2 Å². The molecular formula is C27H24F2N6O3.